The van der Waals surface area contributed by atoms with Crippen molar-refractivity contribution in [2.45, 2.75) is 13.3 Å². The third-order valence-corrected chi connectivity index (χ3v) is 3.82. The van der Waals surface area contributed by atoms with Crippen molar-refractivity contribution >= 4 is 34.6 Å². The number of amides is 1. The van der Waals surface area contributed by atoms with Gasteiger partial charge in [-0.25, -0.2) is 0 Å². The van der Waals surface area contributed by atoms with Crippen molar-refractivity contribution in [1.82, 2.24) is 9.88 Å². The first-order valence-corrected chi connectivity index (χ1v) is 6.30. The lowest BCUT2D eigenvalue weighted by Crippen LogP contribution is -2.28. The zero-order valence-electron chi connectivity index (χ0n) is 9.11. The van der Waals surface area contributed by atoms with Crippen molar-refractivity contribution in [3.05, 3.63) is 33.2 Å². The van der Waals surface area contributed by atoms with E-state index >= 15 is 0 Å². The van der Waals surface area contributed by atoms with Gasteiger partial charge < -0.3 is 4.90 Å². The fraction of sp³-hybridized carbons (Fsp3) is 0.333. The van der Waals surface area contributed by atoms with E-state index in [4.69, 9.17) is 0 Å². The number of carbonyl (C=O) groups is 1. The van der Waals surface area contributed by atoms with E-state index in [2.05, 4.69) is 39.7 Å². The molecule has 0 radical (unpaired) electrons. The lowest BCUT2D eigenvalue weighted by Gasteiger charge is -2.23. The van der Waals surface area contributed by atoms with E-state index in [0.717, 1.165) is 36.3 Å². The average Bonchev–Trinajstić information content (AvgIpc) is 2.33. The number of halogens is 1. The van der Waals surface area contributed by atoms with Gasteiger partial charge in [-0.3, -0.25) is 9.78 Å². The molecule has 3 nitrogen and oxygen atoms in total. The highest BCUT2D eigenvalue weighted by molar-refractivity contribution is 14.1. The highest BCUT2D eigenvalue weighted by Crippen LogP contribution is 2.20. The van der Waals surface area contributed by atoms with Gasteiger partial charge in [0.15, 0.2) is 0 Å². The summed E-state index contributed by atoms with van der Waals surface area (Å²) >= 11 is 2.27. The SMILES string of the molecule is Cc1nc(C2=CCCN(C=O)C2)ccc1I. The minimum atomic E-state index is 0.677. The topological polar surface area (TPSA) is 33.2 Å². The molecule has 2 heterocycles. The molecule has 2 rings (SSSR count). The summed E-state index contributed by atoms with van der Waals surface area (Å²) in [6.45, 7) is 3.50. The highest BCUT2D eigenvalue weighted by Gasteiger charge is 2.13. The van der Waals surface area contributed by atoms with Crippen LogP contribution in [0.5, 0.6) is 0 Å². The molecule has 1 aromatic heterocycles. The Kier molecular flexibility index (Phi) is 3.58. The minimum absolute atomic E-state index is 0.677. The van der Waals surface area contributed by atoms with Crippen molar-refractivity contribution in [3.63, 3.8) is 0 Å². The van der Waals surface area contributed by atoms with Crippen LogP contribution in [0.25, 0.3) is 5.57 Å². The van der Waals surface area contributed by atoms with Crippen LogP contribution in [0.4, 0.5) is 0 Å². The molecule has 0 spiro atoms. The molecule has 4 heteroatoms. The number of rotatable bonds is 2. The van der Waals surface area contributed by atoms with Crippen LogP contribution in [0, 0.1) is 10.5 Å². The van der Waals surface area contributed by atoms with Gasteiger partial charge >= 0.3 is 0 Å². The summed E-state index contributed by atoms with van der Waals surface area (Å²) in [6.07, 6.45) is 4.00. The average molecular weight is 328 g/mol. The second-order valence-electron chi connectivity index (χ2n) is 3.86. The Labute approximate surface area is 109 Å². The Morgan fingerprint density at radius 1 is 1.50 bits per heavy atom. The molecular formula is C12H13IN2O. The minimum Gasteiger partial charge on any atom is -0.341 e. The standard InChI is InChI=1S/C12H13IN2O/c1-9-11(13)4-5-12(14-9)10-3-2-6-15(7-10)8-16/h3-5,8H,2,6-7H2,1H3. The second kappa shape index (κ2) is 4.95. The summed E-state index contributed by atoms with van der Waals surface area (Å²) in [6, 6.07) is 4.09. The third-order valence-electron chi connectivity index (χ3n) is 2.68. The molecule has 0 aliphatic carbocycles. The quantitative estimate of drug-likeness (QED) is 0.616. The fourth-order valence-corrected chi connectivity index (χ4v) is 2.07. The smallest absolute Gasteiger partial charge is 0.210 e. The maximum atomic E-state index is 10.7. The Morgan fingerprint density at radius 2 is 2.31 bits per heavy atom. The van der Waals surface area contributed by atoms with Gasteiger partial charge in [-0.1, -0.05) is 6.08 Å². The Balaban J connectivity index is 2.27. The van der Waals surface area contributed by atoms with Gasteiger partial charge in [-0.15, -0.1) is 0 Å². The predicted octanol–water partition coefficient (Wildman–Crippen LogP) is 2.24. The van der Waals surface area contributed by atoms with Gasteiger partial charge in [0, 0.05) is 16.7 Å². The zero-order valence-corrected chi connectivity index (χ0v) is 11.3. The number of hydrogen-bond acceptors (Lipinski definition) is 2. The molecule has 1 amide bonds. The normalized spacial score (nSPS) is 15.9. The second-order valence-corrected chi connectivity index (χ2v) is 5.02. The summed E-state index contributed by atoms with van der Waals surface area (Å²) < 4.78 is 1.17. The molecule has 1 aromatic rings. The number of aryl methyl sites for hydroxylation is 1. The fourth-order valence-electron chi connectivity index (χ4n) is 1.77. The van der Waals surface area contributed by atoms with E-state index in [1.165, 1.54) is 3.57 Å². The maximum Gasteiger partial charge on any atom is 0.210 e. The van der Waals surface area contributed by atoms with Gasteiger partial charge in [0.25, 0.3) is 0 Å². The summed E-state index contributed by atoms with van der Waals surface area (Å²) in [5.74, 6) is 0. The van der Waals surface area contributed by atoms with E-state index < -0.39 is 0 Å². The molecule has 0 aromatic carbocycles. The van der Waals surface area contributed by atoms with Gasteiger partial charge in [0.2, 0.25) is 6.41 Å². The van der Waals surface area contributed by atoms with Gasteiger partial charge in [0.1, 0.15) is 0 Å². The molecule has 0 N–H and O–H groups in total. The van der Waals surface area contributed by atoms with Crippen molar-refractivity contribution in [1.29, 1.82) is 0 Å². The molecular weight excluding hydrogens is 315 g/mol. The molecule has 1 aliphatic heterocycles. The molecule has 0 unspecified atom stereocenters. The van der Waals surface area contributed by atoms with Crippen molar-refractivity contribution in [2.24, 2.45) is 0 Å². The molecule has 84 valence electrons. The van der Waals surface area contributed by atoms with Crippen molar-refractivity contribution < 1.29 is 4.79 Å². The van der Waals surface area contributed by atoms with Crippen LogP contribution in [0.2, 0.25) is 0 Å². The maximum absolute atomic E-state index is 10.7. The first-order chi connectivity index (χ1) is 7.70. The monoisotopic (exact) mass is 328 g/mol. The Bertz CT molecular complexity index is 443. The molecule has 16 heavy (non-hydrogen) atoms. The molecule has 0 saturated carbocycles. The van der Waals surface area contributed by atoms with Crippen LogP contribution >= 0.6 is 22.6 Å². The third kappa shape index (κ3) is 2.42. The van der Waals surface area contributed by atoms with Crippen LogP contribution in [-0.4, -0.2) is 29.4 Å². The number of aromatic nitrogens is 1. The highest BCUT2D eigenvalue weighted by atomic mass is 127. The molecule has 0 saturated heterocycles. The van der Waals surface area contributed by atoms with Gasteiger partial charge in [0.05, 0.1) is 11.4 Å². The number of carbonyl (C=O) groups excluding carboxylic acids is 1. The molecule has 0 atom stereocenters. The Morgan fingerprint density at radius 3 is 3.00 bits per heavy atom. The molecule has 0 bridgehead atoms. The predicted molar refractivity (Wildman–Crippen MR) is 71.9 cm³/mol. The molecule has 1 aliphatic rings. The molecule has 0 fully saturated rings. The summed E-state index contributed by atoms with van der Waals surface area (Å²) in [5, 5.41) is 0. The van der Waals surface area contributed by atoms with Crippen molar-refractivity contribution in [2.75, 3.05) is 13.1 Å². The zero-order chi connectivity index (χ0) is 11.5. The van der Waals surface area contributed by atoms with Crippen LogP contribution < -0.4 is 0 Å². The van der Waals surface area contributed by atoms with E-state index in [1.54, 1.807) is 4.90 Å². The van der Waals surface area contributed by atoms with Gasteiger partial charge in [-0.05, 0) is 53.6 Å². The number of hydrogen-bond donors (Lipinski definition) is 0. The summed E-state index contributed by atoms with van der Waals surface area (Å²) in [5.41, 5.74) is 3.18. The Hall–Kier alpha value is -0.910. The van der Waals surface area contributed by atoms with E-state index in [9.17, 15) is 4.79 Å². The lowest BCUT2D eigenvalue weighted by molar-refractivity contribution is -0.117. The van der Waals surface area contributed by atoms with Gasteiger partial charge in [-0.2, -0.15) is 0 Å². The summed E-state index contributed by atoms with van der Waals surface area (Å²) in [4.78, 5) is 17.1. The van der Waals surface area contributed by atoms with E-state index in [-0.39, 0.29) is 0 Å². The van der Waals surface area contributed by atoms with Crippen molar-refractivity contribution in [3.8, 4) is 0 Å². The van der Waals surface area contributed by atoms with E-state index in [1.807, 2.05) is 13.0 Å². The van der Waals surface area contributed by atoms with E-state index in [0.29, 0.717) is 6.54 Å². The summed E-state index contributed by atoms with van der Waals surface area (Å²) in [7, 11) is 0. The number of pyridine rings is 1. The first kappa shape index (κ1) is 11.6. The first-order valence-electron chi connectivity index (χ1n) is 5.22. The van der Waals surface area contributed by atoms with Crippen LogP contribution in [0.3, 0.4) is 0 Å². The van der Waals surface area contributed by atoms with Crippen LogP contribution in [-0.2, 0) is 4.79 Å². The lowest BCUT2D eigenvalue weighted by atomic mass is 10.1. The van der Waals surface area contributed by atoms with Crippen LogP contribution in [0.15, 0.2) is 18.2 Å². The van der Waals surface area contributed by atoms with Crippen LogP contribution in [0.1, 0.15) is 17.8 Å². The number of nitrogens with zero attached hydrogens (tertiary/aromatic N) is 2. The largest absolute Gasteiger partial charge is 0.341 e.